The summed E-state index contributed by atoms with van der Waals surface area (Å²) in [5, 5.41) is 3.23. The number of amides is 2. The predicted molar refractivity (Wildman–Crippen MR) is 136 cm³/mol. The maximum Gasteiger partial charge on any atom is 0.265 e. The van der Waals surface area contributed by atoms with Crippen LogP contribution in [0.2, 0.25) is 5.02 Å². The number of nitrogens with one attached hydrogen (secondary N) is 1. The summed E-state index contributed by atoms with van der Waals surface area (Å²) in [7, 11) is 0. The quantitative estimate of drug-likeness (QED) is 0.389. The lowest BCUT2D eigenvalue weighted by Gasteiger charge is -2.30. The number of hydrogen-bond donors (Lipinski definition) is 1. The van der Waals surface area contributed by atoms with Crippen molar-refractivity contribution >= 4 is 34.8 Å². The molecule has 35 heavy (non-hydrogen) atoms. The highest BCUT2D eigenvalue weighted by Gasteiger charge is 2.25. The number of ether oxygens (including phenoxy) is 3. The fourth-order valence-corrected chi connectivity index (χ4v) is 3.88. The molecule has 1 aliphatic rings. The maximum absolute atomic E-state index is 12.6. The largest absolute Gasteiger partial charge is 0.494 e. The smallest absolute Gasteiger partial charge is 0.265 e. The molecule has 0 saturated heterocycles. The van der Waals surface area contributed by atoms with Crippen LogP contribution in [0, 0.1) is 6.92 Å². The van der Waals surface area contributed by atoms with Gasteiger partial charge in [0.1, 0.15) is 17.2 Å². The molecule has 0 saturated carbocycles. The third kappa shape index (κ3) is 6.67. The second-order valence-corrected chi connectivity index (χ2v) is 8.56. The fourth-order valence-electron chi connectivity index (χ4n) is 3.69. The van der Waals surface area contributed by atoms with E-state index in [1.807, 2.05) is 31.2 Å². The van der Waals surface area contributed by atoms with Gasteiger partial charge in [-0.25, -0.2) is 0 Å². The minimum Gasteiger partial charge on any atom is -0.494 e. The number of carbonyl (C=O) groups is 2. The molecule has 7 nitrogen and oxygen atoms in total. The molecule has 3 aromatic rings. The van der Waals surface area contributed by atoms with E-state index in [2.05, 4.69) is 5.32 Å². The highest BCUT2D eigenvalue weighted by molar-refractivity contribution is 6.32. The van der Waals surface area contributed by atoms with Crippen molar-refractivity contribution in [2.45, 2.75) is 19.8 Å². The molecule has 0 atom stereocenters. The summed E-state index contributed by atoms with van der Waals surface area (Å²) in [6.45, 7) is 2.91. The van der Waals surface area contributed by atoms with Crippen LogP contribution in [0.3, 0.4) is 0 Å². The monoisotopic (exact) mass is 494 g/mol. The van der Waals surface area contributed by atoms with Crippen molar-refractivity contribution in [1.82, 2.24) is 0 Å². The summed E-state index contributed by atoms with van der Waals surface area (Å²) in [6.07, 6.45) is 1.56. The lowest BCUT2D eigenvalue weighted by molar-refractivity contribution is -0.121. The number of carbonyl (C=O) groups excluding carboxylic acids is 2. The lowest BCUT2D eigenvalue weighted by Crippen LogP contribution is -2.39. The van der Waals surface area contributed by atoms with E-state index in [4.69, 9.17) is 25.8 Å². The summed E-state index contributed by atoms with van der Waals surface area (Å²) in [5.41, 5.74) is 2.32. The van der Waals surface area contributed by atoms with E-state index in [0.29, 0.717) is 41.0 Å². The Hall–Kier alpha value is -3.71. The van der Waals surface area contributed by atoms with Gasteiger partial charge in [0, 0.05) is 12.2 Å². The van der Waals surface area contributed by atoms with Gasteiger partial charge in [0.15, 0.2) is 13.2 Å². The molecule has 0 radical (unpaired) electrons. The summed E-state index contributed by atoms with van der Waals surface area (Å²) >= 11 is 6.06. The lowest BCUT2D eigenvalue weighted by atomic mass is 10.2. The Morgan fingerprint density at radius 2 is 1.91 bits per heavy atom. The van der Waals surface area contributed by atoms with Crippen molar-refractivity contribution in [2.75, 3.05) is 36.6 Å². The van der Waals surface area contributed by atoms with Crippen molar-refractivity contribution in [3.05, 3.63) is 77.3 Å². The van der Waals surface area contributed by atoms with Crippen molar-refractivity contribution in [1.29, 1.82) is 0 Å². The van der Waals surface area contributed by atoms with E-state index in [1.165, 1.54) is 0 Å². The number of fused-ring (bicyclic) bond motifs is 1. The molecule has 0 aromatic heterocycles. The minimum absolute atomic E-state index is 0.00975. The Bertz CT molecular complexity index is 1200. The van der Waals surface area contributed by atoms with Gasteiger partial charge >= 0.3 is 0 Å². The predicted octanol–water partition coefficient (Wildman–Crippen LogP) is 5.25. The van der Waals surface area contributed by atoms with Crippen LogP contribution in [0.25, 0.3) is 0 Å². The molecular formula is C27H27ClN2O5. The number of benzene rings is 3. The van der Waals surface area contributed by atoms with E-state index in [0.717, 1.165) is 24.2 Å². The Labute approximate surface area is 209 Å². The highest BCUT2D eigenvalue weighted by Crippen LogP contribution is 2.35. The number of unbranched alkanes of at least 4 members (excludes halogenated alkanes) is 1. The summed E-state index contributed by atoms with van der Waals surface area (Å²) < 4.78 is 16.9. The van der Waals surface area contributed by atoms with Crippen LogP contribution in [0.4, 0.5) is 11.4 Å². The SMILES string of the molecule is Cc1cccc(OCCCCN2C(=O)COc3ccc(NC(=O)COc4ccccc4Cl)cc32)c1. The molecule has 2 amide bonds. The first kappa shape index (κ1) is 24.4. The van der Waals surface area contributed by atoms with Crippen molar-refractivity contribution in [3.8, 4) is 17.2 Å². The summed E-state index contributed by atoms with van der Waals surface area (Å²) in [4.78, 5) is 26.6. The Morgan fingerprint density at radius 3 is 2.74 bits per heavy atom. The van der Waals surface area contributed by atoms with E-state index in [-0.39, 0.29) is 25.0 Å². The van der Waals surface area contributed by atoms with Gasteiger partial charge in [-0.05, 0) is 67.8 Å². The zero-order valence-electron chi connectivity index (χ0n) is 19.5. The molecule has 8 heteroatoms. The molecule has 1 N–H and O–H groups in total. The van der Waals surface area contributed by atoms with Gasteiger partial charge in [-0.3, -0.25) is 9.59 Å². The molecule has 0 bridgehead atoms. The van der Waals surface area contributed by atoms with E-state index >= 15 is 0 Å². The first-order valence-corrected chi connectivity index (χ1v) is 11.8. The number of nitrogens with zero attached hydrogens (tertiary/aromatic N) is 1. The zero-order chi connectivity index (χ0) is 24.6. The first-order chi connectivity index (χ1) is 17.0. The van der Waals surface area contributed by atoms with Gasteiger partial charge < -0.3 is 24.4 Å². The van der Waals surface area contributed by atoms with Crippen molar-refractivity contribution in [3.63, 3.8) is 0 Å². The molecular weight excluding hydrogens is 468 g/mol. The number of rotatable bonds is 10. The van der Waals surface area contributed by atoms with Crippen molar-refractivity contribution < 1.29 is 23.8 Å². The summed E-state index contributed by atoms with van der Waals surface area (Å²) in [5.74, 6) is 1.42. The third-order valence-electron chi connectivity index (χ3n) is 5.42. The van der Waals surface area contributed by atoms with Crippen LogP contribution in [0.5, 0.6) is 17.2 Å². The van der Waals surface area contributed by atoms with Gasteiger partial charge in [0.25, 0.3) is 11.8 Å². The van der Waals surface area contributed by atoms with Gasteiger partial charge in [0.05, 0.1) is 17.3 Å². The second-order valence-electron chi connectivity index (χ2n) is 8.16. The highest BCUT2D eigenvalue weighted by atomic mass is 35.5. The Morgan fingerprint density at radius 1 is 1.06 bits per heavy atom. The molecule has 3 aromatic carbocycles. The van der Waals surface area contributed by atoms with Crippen LogP contribution < -0.4 is 24.4 Å². The number of anilines is 2. The maximum atomic E-state index is 12.6. The second kappa shape index (κ2) is 11.6. The van der Waals surface area contributed by atoms with Crippen LogP contribution >= 0.6 is 11.6 Å². The average molecular weight is 495 g/mol. The molecule has 0 aliphatic carbocycles. The number of para-hydroxylation sites is 1. The molecule has 1 aliphatic heterocycles. The molecule has 4 rings (SSSR count). The zero-order valence-corrected chi connectivity index (χ0v) is 20.2. The molecule has 0 fully saturated rings. The standard InChI is InChI=1S/C27H27ClN2O5/c1-19-7-6-8-21(15-19)33-14-5-4-13-30-23-16-20(11-12-25(23)35-18-27(30)32)29-26(31)17-34-24-10-3-2-9-22(24)28/h2-3,6-12,15-16H,4-5,13-14,17-18H2,1H3,(H,29,31). The van der Waals surface area contributed by atoms with E-state index in [9.17, 15) is 9.59 Å². The Kier molecular flexibility index (Phi) is 8.11. The van der Waals surface area contributed by atoms with Gasteiger partial charge in [-0.1, -0.05) is 35.9 Å². The van der Waals surface area contributed by atoms with Gasteiger partial charge in [-0.15, -0.1) is 0 Å². The van der Waals surface area contributed by atoms with Crippen LogP contribution in [0.15, 0.2) is 66.7 Å². The topological polar surface area (TPSA) is 77.1 Å². The number of halogens is 1. The van der Waals surface area contributed by atoms with Gasteiger partial charge in [-0.2, -0.15) is 0 Å². The number of aryl methyl sites for hydroxylation is 1. The molecule has 1 heterocycles. The summed E-state index contributed by atoms with van der Waals surface area (Å²) in [6, 6.07) is 20.1. The fraction of sp³-hybridized carbons (Fsp3) is 0.259. The van der Waals surface area contributed by atoms with Gasteiger partial charge in [0.2, 0.25) is 0 Å². The normalized spacial score (nSPS) is 12.5. The van der Waals surface area contributed by atoms with Crippen LogP contribution in [0.1, 0.15) is 18.4 Å². The first-order valence-electron chi connectivity index (χ1n) is 11.4. The Balaban J connectivity index is 1.31. The minimum atomic E-state index is -0.340. The van der Waals surface area contributed by atoms with Crippen LogP contribution in [-0.4, -0.2) is 38.2 Å². The van der Waals surface area contributed by atoms with Crippen LogP contribution in [-0.2, 0) is 9.59 Å². The molecule has 0 unspecified atom stereocenters. The van der Waals surface area contributed by atoms with E-state index < -0.39 is 0 Å². The third-order valence-corrected chi connectivity index (χ3v) is 5.73. The molecule has 182 valence electrons. The number of hydrogen-bond acceptors (Lipinski definition) is 5. The van der Waals surface area contributed by atoms with Crippen molar-refractivity contribution in [2.24, 2.45) is 0 Å². The molecule has 0 spiro atoms. The van der Waals surface area contributed by atoms with E-state index in [1.54, 1.807) is 47.4 Å². The average Bonchev–Trinajstić information content (AvgIpc) is 2.84.